The van der Waals surface area contributed by atoms with Gasteiger partial charge in [-0.1, -0.05) is 6.92 Å². The fourth-order valence-electron chi connectivity index (χ4n) is 3.81. The van der Waals surface area contributed by atoms with Crippen molar-refractivity contribution in [3.63, 3.8) is 0 Å². The van der Waals surface area contributed by atoms with E-state index < -0.39 is 0 Å². The van der Waals surface area contributed by atoms with Crippen LogP contribution in [0, 0.1) is 11.3 Å². The lowest BCUT2D eigenvalue weighted by molar-refractivity contribution is 0.361. The maximum Gasteiger partial charge on any atom is 0.0992 e. The van der Waals surface area contributed by atoms with Gasteiger partial charge in [0.15, 0.2) is 0 Å². The maximum atomic E-state index is 8.98. The van der Waals surface area contributed by atoms with Crippen molar-refractivity contribution in [1.29, 1.82) is 5.26 Å². The number of hydrogen-bond acceptors (Lipinski definition) is 3. The minimum atomic E-state index is 0.641. The molecule has 2 aliphatic rings. The second kappa shape index (κ2) is 5.75. The molecule has 20 heavy (non-hydrogen) atoms. The number of nitrogens with one attached hydrogen (secondary N) is 1. The highest BCUT2D eigenvalue weighted by Gasteiger charge is 2.41. The Kier molecular flexibility index (Phi) is 4.00. The molecule has 3 rings (SSSR count). The second-order valence-corrected chi connectivity index (χ2v) is 6.65. The second-order valence-electron chi connectivity index (χ2n) is 5.80. The Bertz CT molecular complexity index is 523. The molecule has 1 aromatic carbocycles. The third-order valence-corrected chi connectivity index (χ3v) is 5.22. The van der Waals surface area contributed by atoms with E-state index in [2.05, 4.69) is 45.2 Å². The number of anilines is 1. The summed E-state index contributed by atoms with van der Waals surface area (Å²) in [5.41, 5.74) is 1.97. The van der Waals surface area contributed by atoms with E-state index >= 15 is 0 Å². The molecule has 0 aliphatic carbocycles. The first-order valence-electron chi connectivity index (χ1n) is 7.44. The van der Waals surface area contributed by atoms with E-state index in [-0.39, 0.29) is 0 Å². The lowest BCUT2D eigenvalue weighted by Crippen LogP contribution is -2.49. The number of hydrogen-bond donors (Lipinski definition) is 1. The van der Waals surface area contributed by atoms with E-state index in [1.165, 1.54) is 31.4 Å². The molecule has 2 saturated heterocycles. The molecule has 3 nitrogen and oxygen atoms in total. The minimum absolute atomic E-state index is 0.641. The van der Waals surface area contributed by atoms with E-state index in [4.69, 9.17) is 5.26 Å². The van der Waals surface area contributed by atoms with Crippen LogP contribution in [0.2, 0.25) is 0 Å². The Morgan fingerprint density at radius 3 is 2.60 bits per heavy atom. The van der Waals surface area contributed by atoms with Crippen LogP contribution in [-0.4, -0.2) is 24.7 Å². The molecular weight excluding hydrogens is 314 g/mol. The summed E-state index contributed by atoms with van der Waals surface area (Å²) < 4.78 is 1.05. The number of fused-ring (bicyclic) bond motifs is 2. The van der Waals surface area contributed by atoms with Gasteiger partial charge in [-0.05, 0) is 66.4 Å². The zero-order valence-corrected chi connectivity index (χ0v) is 13.4. The first-order chi connectivity index (χ1) is 9.72. The summed E-state index contributed by atoms with van der Waals surface area (Å²) in [6, 6.07) is 10.1. The monoisotopic (exact) mass is 333 g/mol. The number of benzene rings is 1. The molecule has 0 amide bonds. The van der Waals surface area contributed by atoms with Gasteiger partial charge in [0.05, 0.1) is 17.3 Å². The van der Waals surface area contributed by atoms with Crippen LogP contribution in [-0.2, 0) is 0 Å². The highest BCUT2D eigenvalue weighted by atomic mass is 79.9. The quantitative estimate of drug-likeness (QED) is 0.920. The topological polar surface area (TPSA) is 39.1 Å². The Balaban J connectivity index is 1.84. The molecule has 0 aromatic heterocycles. The fraction of sp³-hybridized carbons (Fsp3) is 0.562. The molecule has 0 spiro atoms. The number of piperidine rings is 1. The number of rotatable bonds is 3. The van der Waals surface area contributed by atoms with Crippen LogP contribution in [0.25, 0.3) is 0 Å². The standard InChI is InChI=1S/C16H20BrN3/c1-2-19-12-8-13-4-5-14(9-12)20(13)16-6-3-11(10-18)7-15(16)17/h3,6-7,12-14,19H,2,4-5,8-9H2,1H3. The van der Waals surface area contributed by atoms with Crippen molar-refractivity contribution in [1.82, 2.24) is 5.32 Å². The van der Waals surface area contributed by atoms with Gasteiger partial charge >= 0.3 is 0 Å². The largest absolute Gasteiger partial charge is 0.365 e. The van der Waals surface area contributed by atoms with Crippen LogP contribution in [0.4, 0.5) is 5.69 Å². The molecule has 2 bridgehead atoms. The van der Waals surface area contributed by atoms with Gasteiger partial charge in [-0.25, -0.2) is 0 Å². The van der Waals surface area contributed by atoms with Crippen LogP contribution in [0.3, 0.4) is 0 Å². The number of nitrogens with zero attached hydrogens (tertiary/aromatic N) is 2. The summed E-state index contributed by atoms with van der Waals surface area (Å²) in [5, 5.41) is 12.6. The predicted molar refractivity (Wildman–Crippen MR) is 84.8 cm³/mol. The third kappa shape index (κ3) is 2.45. The van der Waals surface area contributed by atoms with E-state index in [0.29, 0.717) is 18.1 Å². The molecule has 4 heteroatoms. The number of halogens is 1. The van der Waals surface area contributed by atoms with Crippen LogP contribution < -0.4 is 10.2 Å². The molecule has 0 saturated carbocycles. The van der Waals surface area contributed by atoms with Crippen molar-refractivity contribution < 1.29 is 0 Å². The molecular formula is C16H20BrN3. The SMILES string of the molecule is CCNC1CC2CCC(C1)N2c1ccc(C#N)cc1Br. The molecule has 2 fully saturated rings. The summed E-state index contributed by atoms with van der Waals surface area (Å²) in [7, 11) is 0. The lowest BCUT2D eigenvalue weighted by Gasteiger charge is -2.41. The maximum absolute atomic E-state index is 8.98. The van der Waals surface area contributed by atoms with Gasteiger partial charge in [0.2, 0.25) is 0 Å². The van der Waals surface area contributed by atoms with Gasteiger partial charge in [0, 0.05) is 22.6 Å². The smallest absolute Gasteiger partial charge is 0.0992 e. The van der Waals surface area contributed by atoms with Gasteiger partial charge in [0.25, 0.3) is 0 Å². The van der Waals surface area contributed by atoms with Crippen molar-refractivity contribution in [3.05, 3.63) is 28.2 Å². The summed E-state index contributed by atoms with van der Waals surface area (Å²) in [6.07, 6.45) is 5.05. The Morgan fingerprint density at radius 2 is 2.05 bits per heavy atom. The van der Waals surface area contributed by atoms with E-state index in [0.717, 1.165) is 16.6 Å². The van der Waals surface area contributed by atoms with Gasteiger partial charge < -0.3 is 10.2 Å². The molecule has 2 atom stereocenters. The van der Waals surface area contributed by atoms with E-state index in [9.17, 15) is 0 Å². The van der Waals surface area contributed by atoms with Crippen molar-refractivity contribution in [2.75, 3.05) is 11.4 Å². The normalized spacial score (nSPS) is 28.4. The highest BCUT2D eigenvalue weighted by molar-refractivity contribution is 9.10. The Hall–Kier alpha value is -1.05. The van der Waals surface area contributed by atoms with Gasteiger partial charge in [0.1, 0.15) is 0 Å². The summed E-state index contributed by atoms with van der Waals surface area (Å²) >= 11 is 3.64. The third-order valence-electron chi connectivity index (χ3n) is 4.58. The highest BCUT2D eigenvalue weighted by Crippen LogP contribution is 2.42. The lowest BCUT2D eigenvalue weighted by atomic mass is 9.96. The zero-order chi connectivity index (χ0) is 14.1. The first kappa shape index (κ1) is 13.9. The average molecular weight is 334 g/mol. The minimum Gasteiger partial charge on any atom is -0.365 e. The zero-order valence-electron chi connectivity index (χ0n) is 11.8. The van der Waals surface area contributed by atoms with Crippen molar-refractivity contribution in [2.24, 2.45) is 0 Å². The molecule has 106 valence electrons. The molecule has 2 heterocycles. The van der Waals surface area contributed by atoms with Crippen LogP contribution >= 0.6 is 15.9 Å². The van der Waals surface area contributed by atoms with E-state index in [1.807, 2.05) is 12.1 Å². The summed E-state index contributed by atoms with van der Waals surface area (Å²) in [4.78, 5) is 2.58. The summed E-state index contributed by atoms with van der Waals surface area (Å²) in [6.45, 7) is 3.25. The van der Waals surface area contributed by atoms with Gasteiger partial charge in [-0.15, -0.1) is 0 Å². The van der Waals surface area contributed by atoms with Gasteiger partial charge in [-0.3, -0.25) is 0 Å². The van der Waals surface area contributed by atoms with Crippen molar-refractivity contribution >= 4 is 21.6 Å². The molecule has 2 aliphatic heterocycles. The fourth-order valence-corrected chi connectivity index (χ4v) is 4.40. The molecule has 0 radical (unpaired) electrons. The van der Waals surface area contributed by atoms with Gasteiger partial charge in [-0.2, -0.15) is 5.26 Å². The van der Waals surface area contributed by atoms with E-state index in [1.54, 1.807) is 0 Å². The molecule has 1 N–H and O–H groups in total. The van der Waals surface area contributed by atoms with Crippen molar-refractivity contribution in [3.8, 4) is 6.07 Å². The first-order valence-corrected chi connectivity index (χ1v) is 8.23. The number of nitriles is 1. The van der Waals surface area contributed by atoms with Crippen LogP contribution in [0.15, 0.2) is 22.7 Å². The summed E-state index contributed by atoms with van der Waals surface area (Å²) in [5.74, 6) is 0. The molecule has 2 unspecified atom stereocenters. The predicted octanol–water partition coefficient (Wildman–Crippen LogP) is 3.43. The Morgan fingerprint density at radius 1 is 1.35 bits per heavy atom. The van der Waals surface area contributed by atoms with Crippen LogP contribution in [0.1, 0.15) is 38.2 Å². The molecule has 1 aromatic rings. The average Bonchev–Trinajstić information content (AvgIpc) is 2.70. The Labute approximate surface area is 129 Å². The van der Waals surface area contributed by atoms with Crippen LogP contribution in [0.5, 0.6) is 0 Å². The van der Waals surface area contributed by atoms with Crippen molar-refractivity contribution in [2.45, 2.75) is 50.7 Å².